The van der Waals surface area contributed by atoms with Gasteiger partial charge in [0.2, 0.25) is 0 Å². The Morgan fingerprint density at radius 3 is 2.89 bits per heavy atom. The van der Waals surface area contributed by atoms with Crippen LogP contribution in [0, 0.1) is 5.82 Å². The molecule has 0 fully saturated rings. The van der Waals surface area contributed by atoms with Crippen molar-refractivity contribution in [3.8, 4) is 0 Å². The van der Waals surface area contributed by atoms with Crippen molar-refractivity contribution < 1.29 is 4.39 Å². The molecule has 1 rings (SSSR count). The number of hydrogen-bond acceptors (Lipinski definition) is 1. The highest BCUT2D eigenvalue weighted by molar-refractivity contribution is 6.31. The Kier molecular flexibility index (Phi) is 6.22. The first kappa shape index (κ1) is 14.5. The normalized spacial score (nSPS) is 11.2. The van der Waals surface area contributed by atoms with Gasteiger partial charge in [0, 0.05) is 30.7 Å². The molecule has 18 heavy (non-hydrogen) atoms. The van der Waals surface area contributed by atoms with Crippen molar-refractivity contribution in [2.75, 3.05) is 20.1 Å². The van der Waals surface area contributed by atoms with E-state index in [1.807, 2.05) is 0 Å². The first-order chi connectivity index (χ1) is 8.69. The van der Waals surface area contributed by atoms with Crippen LogP contribution in [0.3, 0.4) is 0 Å². The first-order valence-electron chi connectivity index (χ1n) is 5.67. The lowest BCUT2D eigenvalue weighted by molar-refractivity contribution is 0.607. The number of benzene rings is 1. The van der Waals surface area contributed by atoms with Crippen LogP contribution in [-0.4, -0.2) is 26.1 Å². The fraction of sp³-hybridized carbons (Fsp3) is 0.308. The van der Waals surface area contributed by atoms with E-state index in [2.05, 4.69) is 22.2 Å². The molecule has 0 unspecified atom stereocenters. The summed E-state index contributed by atoms with van der Waals surface area (Å²) < 4.78 is 13.5. The zero-order valence-electron chi connectivity index (χ0n) is 10.3. The zero-order chi connectivity index (χ0) is 13.4. The van der Waals surface area contributed by atoms with Crippen molar-refractivity contribution in [1.29, 1.82) is 0 Å². The molecular formula is C13H17ClFN3. The summed E-state index contributed by atoms with van der Waals surface area (Å²) in [7, 11) is 1.68. The maximum atomic E-state index is 13.5. The van der Waals surface area contributed by atoms with E-state index in [-0.39, 0.29) is 5.82 Å². The van der Waals surface area contributed by atoms with Gasteiger partial charge in [-0.2, -0.15) is 0 Å². The Labute approximate surface area is 112 Å². The molecule has 98 valence electrons. The highest BCUT2D eigenvalue weighted by Crippen LogP contribution is 2.18. The van der Waals surface area contributed by atoms with Gasteiger partial charge in [-0.15, -0.1) is 6.58 Å². The van der Waals surface area contributed by atoms with Crippen molar-refractivity contribution in [3.63, 3.8) is 0 Å². The minimum absolute atomic E-state index is 0.279. The van der Waals surface area contributed by atoms with Crippen molar-refractivity contribution >= 4 is 17.6 Å². The molecule has 0 amide bonds. The number of guanidine groups is 1. The molecule has 0 atom stereocenters. The molecule has 0 spiro atoms. The van der Waals surface area contributed by atoms with E-state index < -0.39 is 0 Å². The van der Waals surface area contributed by atoms with Gasteiger partial charge >= 0.3 is 0 Å². The summed E-state index contributed by atoms with van der Waals surface area (Å²) >= 11 is 5.94. The second-order valence-corrected chi connectivity index (χ2v) is 4.03. The SMILES string of the molecule is C=CCNC(=NC)NCCc1c(F)cccc1Cl. The van der Waals surface area contributed by atoms with Crippen molar-refractivity contribution in [1.82, 2.24) is 10.6 Å². The Bertz CT molecular complexity index is 412. The average molecular weight is 270 g/mol. The molecule has 0 aromatic heterocycles. The fourth-order valence-electron chi connectivity index (χ4n) is 1.47. The quantitative estimate of drug-likeness (QED) is 0.489. The van der Waals surface area contributed by atoms with E-state index in [9.17, 15) is 4.39 Å². The summed E-state index contributed by atoms with van der Waals surface area (Å²) in [6.07, 6.45) is 2.24. The third-order valence-electron chi connectivity index (χ3n) is 2.37. The molecule has 0 aliphatic heterocycles. The topological polar surface area (TPSA) is 36.4 Å². The molecule has 0 bridgehead atoms. The van der Waals surface area contributed by atoms with Crippen LogP contribution in [0.4, 0.5) is 4.39 Å². The monoisotopic (exact) mass is 269 g/mol. The van der Waals surface area contributed by atoms with Gasteiger partial charge in [0.05, 0.1) is 0 Å². The minimum atomic E-state index is -0.279. The van der Waals surface area contributed by atoms with Gasteiger partial charge in [0.15, 0.2) is 5.96 Å². The average Bonchev–Trinajstić information content (AvgIpc) is 2.36. The number of halogens is 2. The van der Waals surface area contributed by atoms with Crippen molar-refractivity contribution in [2.45, 2.75) is 6.42 Å². The Balaban J connectivity index is 2.48. The van der Waals surface area contributed by atoms with Crippen molar-refractivity contribution in [3.05, 3.63) is 47.3 Å². The third-order valence-corrected chi connectivity index (χ3v) is 2.72. The lowest BCUT2D eigenvalue weighted by Gasteiger charge is -2.11. The van der Waals surface area contributed by atoms with E-state index in [0.717, 1.165) is 0 Å². The Morgan fingerprint density at radius 2 is 2.28 bits per heavy atom. The number of nitrogens with one attached hydrogen (secondary N) is 2. The molecule has 0 heterocycles. The van der Waals surface area contributed by atoms with Gasteiger partial charge in [-0.1, -0.05) is 23.7 Å². The lowest BCUT2D eigenvalue weighted by Crippen LogP contribution is -2.38. The van der Waals surface area contributed by atoms with Crippen LogP contribution in [0.2, 0.25) is 5.02 Å². The van der Waals surface area contributed by atoms with Crippen LogP contribution in [0.25, 0.3) is 0 Å². The maximum Gasteiger partial charge on any atom is 0.191 e. The van der Waals surface area contributed by atoms with Crippen LogP contribution in [0.1, 0.15) is 5.56 Å². The summed E-state index contributed by atoms with van der Waals surface area (Å²) in [4.78, 5) is 4.02. The zero-order valence-corrected chi connectivity index (χ0v) is 11.1. The second-order valence-electron chi connectivity index (χ2n) is 3.62. The molecule has 5 heteroatoms. The van der Waals surface area contributed by atoms with E-state index in [1.165, 1.54) is 6.07 Å². The standard InChI is InChI=1S/C13H17ClFN3/c1-3-8-17-13(16-2)18-9-7-10-11(14)5-4-6-12(10)15/h3-6H,1,7-9H2,2H3,(H2,16,17,18). The smallest absolute Gasteiger partial charge is 0.191 e. The number of aliphatic imine (C=N–C) groups is 1. The minimum Gasteiger partial charge on any atom is -0.356 e. The maximum absolute atomic E-state index is 13.5. The van der Waals surface area contributed by atoms with Gasteiger partial charge in [-0.05, 0) is 18.6 Å². The molecule has 0 radical (unpaired) electrons. The van der Waals surface area contributed by atoms with E-state index in [4.69, 9.17) is 11.6 Å². The number of hydrogen-bond donors (Lipinski definition) is 2. The Morgan fingerprint density at radius 1 is 1.50 bits per heavy atom. The molecule has 0 aliphatic carbocycles. The summed E-state index contributed by atoms with van der Waals surface area (Å²) in [6, 6.07) is 4.69. The first-order valence-corrected chi connectivity index (χ1v) is 6.05. The van der Waals surface area contributed by atoms with Crippen LogP contribution in [0.15, 0.2) is 35.8 Å². The highest BCUT2D eigenvalue weighted by atomic mass is 35.5. The molecular weight excluding hydrogens is 253 g/mol. The fourth-order valence-corrected chi connectivity index (χ4v) is 1.72. The molecule has 0 saturated carbocycles. The third kappa shape index (κ3) is 4.37. The van der Waals surface area contributed by atoms with Crippen molar-refractivity contribution in [2.24, 2.45) is 4.99 Å². The Hall–Kier alpha value is -1.55. The molecule has 1 aromatic carbocycles. The molecule has 1 aromatic rings. The van der Waals surface area contributed by atoms with E-state index >= 15 is 0 Å². The number of nitrogens with zero attached hydrogens (tertiary/aromatic N) is 1. The van der Waals surface area contributed by atoms with Crippen LogP contribution in [-0.2, 0) is 6.42 Å². The largest absolute Gasteiger partial charge is 0.356 e. The van der Waals surface area contributed by atoms with Crippen LogP contribution < -0.4 is 10.6 Å². The molecule has 0 saturated heterocycles. The van der Waals surface area contributed by atoms with Gasteiger partial charge in [-0.3, -0.25) is 4.99 Å². The number of rotatable bonds is 5. The van der Waals surface area contributed by atoms with Gasteiger partial charge in [0.1, 0.15) is 5.82 Å². The molecule has 3 nitrogen and oxygen atoms in total. The summed E-state index contributed by atoms with van der Waals surface area (Å²) in [6.45, 7) is 4.78. The summed E-state index contributed by atoms with van der Waals surface area (Å²) in [5.74, 6) is 0.376. The van der Waals surface area contributed by atoms with Gasteiger partial charge < -0.3 is 10.6 Å². The summed E-state index contributed by atoms with van der Waals surface area (Å²) in [5.41, 5.74) is 0.519. The van der Waals surface area contributed by atoms with Gasteiger partial charge in [-0.25, -0.2) is 4.39 Å². The van der Waals surface area contributed by atoms with Crippen LogP contribution >= 0.6 is 11.6 Å². The highest BCUT2D eigenvalue weighted by Gasteiger charge is 2.06. The van der Waals surface area contributed by atoms with Gasteiger partial charge in [0.25, 0.3) is 0 Å². The molecule has 2 N–H and O–H groups in total. The predicted octanol–water partition coefficient (Wildman–Crippen LogP) is 2.37. The van der Waals surface area contributed by atoms with E-state index in [0.29, 0.717) is 36.1 Å². The van der Waals surface area contributed by atoms with E-state index in [1.54, 1.807) is 25.3 Å². The predicted molar refractivity (Wildman–Crippen MR) is 74.7 cm³/mol. The second kappa shape index (κ2) is 7.71. The summed E-state index contributed by atoms with van der Waals surface area (Å²) in [5, 5.41) is 6.55. The van der Waals surface area contributed by atoms with Crippen LogP contribution in [0.5, 0.6) is 0 Å². The molecule has 0 aliphatic rings. The lowest BCUT2D eigenvalue weighted by atomic mass is 10.1.